The number of aromatic hydroxyl groups is 1. The molecule has 0 radical (unpaired) electrons. The van der Waals surface area contributed by atoms with Gasteiger partial charge >= 0.3 is 0 Å². The van der Waals surface area contributed by atoms with Crippen LogP contribution >= 0.6 is 11.6 Å². The van der Waals surface area contributed by atoms with Gasteiger partial charge in [-0.05, 0) is 42.5 Å². The van der Waals surface area contributed by atoms with Crippen molar-refractivity contribution in [2.75, 3.05) is 5.73 Å². The number of phenols is 1. The molecule has 0 saturated heterocycles. The number of hydrogen-bond acceptors (Lipinski definition) is 4. The average molecular weight is 304 g/mol. The average Bonchev–Trinajstić information content (AvgIpc) is 2.44. The van der Waals surface area contributed by atoms with Crippen molar-refractivity contribution >= 4 is 29.0 Å². The molecule has 6 nitrogen and oxygen atoms in total. The highest BCUT2D eigenvalue weighted by Crippen LogP contribution is 2.23. The largest absolute Gasteiger partial charge is 0.508 e. The molecule has 0 atom stereocenters. The predicted molar refractivity (Wildman–Crippen MR) is 85.4 cm³/mol. The summed E-state index contributed by atoms with van der Waals surface area (Å²) in [5, 5.41) is 17.6. The van der Waals surface area contributed by atoms with Gasteiger partial charge in [0, 0.05) is 21.8 Å². The van der Waals surface area contributed by atoms with Crippen molar-refractivity contribution in [3.63, 3.8) is 0 Å². The maximum Gasteiger partial charge on any atom is 0.211 e. The summed E-state index contributed by atoms with van der Waals surface area (Å²) >= 11 is 6.00. The quantitative estimate of drug-likeness (QED) is 0.298. The van der Waals surface area contributed by atoms with Crippen LogP contribution in [0.2, 0.25) is 5.02 Å². The first-order valence-corrected chi connectivity index (χ1v) is 6.36. The van der Waals surface area contributed by atoms with Crippen molar-refractivity contribution in [2.24, 2.45) is 21.7 Å². The van der Waals surface area contributed by atoms with E-state index in [2.05, 4.69) is 10.2 Å². The van der Waals surface area contributed by atoms with Gasteiger partial charge in [0.15, 0.2) is 0 Å². The van der Waals surface area contributed by atoms with Crippen LogP contribution in [0.1, 0.15) is 11.1 Å². The van der Waals surface area contributed by atoms with Gasteiger partial charge in [-0.15, -0.1) is 10.2 Å². The van der Waals surface area contributed by atoms with Crippen LogP contribution in [-0.2, 0) is 0 Å². The Morgan fingerprint density at radius 3 is 2.29 bits per heavy atom. The monoisotopic (exact) mass is 303 g/mol. The van der Waals surface area contributed by atoms with Gasteiger partial charge < -0.3 is 22.3 Å². The van der Waals surface area contributed by atoms with E-state index in [1.807, 2.05) is 0 Å². The van der Waals surface area contributed by atoms with Crippen molar-refractivity contribution < 1.29 is 5.11 Å². The van der Waals surface area contributed by atoms with Gasteiger partial charge in [-0.1, -0.05) is 11.6 Å². The highest BCUT2D eigenvalue weighted by atomic mass is 35.5. The number of nitrogens with two attached hydrogens (primary N) is 3. The topological polar surface area (TPSA) is 123 Å². The number of nitrogen functional groups attached to an aromatic ring is 1. The summed E-state index contributed by atoms with van der Waals surface area (Å²) < 4.78 is 0. The lowest BCUT2D eigenvalue weighted by atomic mass is 10.0. The van der Waals surface area contributed by atoms with E-state index >= 15 is 0 Å². The highest BCUT2D eigenvalue weighted by molar-refractivity contribution is 6.31. The van der Waals surface area contributed by atoms with Crippen LogP contribution in [0, 0.1) is 0 Å². The fourth-order valence-corrected chi connectivity index (χ4v) is 1.90. The van der Waals surface area contributed by atoms with Crippen LogP contribution in [-0.4, -0.2) is 16.8 Å². The summed E-state index contributed by atoms with van der Waals surface area (Å²) in [7, 11) is 0. The van der Waals surface area contributed by atoms with Crippen LogP contribution in [0.4, 0.5) is 5.69 Å². The summed E-state index contributed by atoms with van der Waals surface area (Å²) in [4.78, 5) is 0. The minimum Gasteiger partial charge on any atom is -0.508 e. The molecule has 0 spiro atoms. The highest BCUT2D eigenvalue weighted by Gasteiger charge is 2.12. The third-order valence-electron chi connectivity index (χ3n) is 2.68. The van der Waals surface area contributed by atoms with Crippen molar-refractivity contribution in [1.82, 2.24) is 0 Å². The minimum absolute atomic E-state index is 0.138. The zero-order valence-electron chi connectivity index (χ0n) is 11.0. The van der Waals surface area contributed by atoms with E-state index in [1.54, 1.807) is 30.3 Å². The molecule has 0 bridgehead atoms. The molecule has 0 aliphatic heterocycles. The summed E-state index contributed by atoms with van der Waals surface area (Å²) in [6.07, 6.45) is 0. The Morgan fingerprint density at radius 1 is 1.00 bits per heavy atom. The smallest absolute Gasteiger partial charge is 0.211 e. The van der Waals surface area contributed by atoms with Gasteiger partial charge in [0.2, 0.25) is 5.96 Å². The molecular weight excluding hydrogens is 290 g/mol. The third kappa shape index (κ3) is 3.64. The second kappa shape index (κ2) is 6.15. The van der Waals surface area contributed by atoms with E-state index in [0.29, 0.717) is 27.5 Å². The summed E-state index contributed by atoms with van der Waals surface area (Å²) in [5.41, 5.74) is 18.8. The normalized spacial score (nSPS) is 11.2. The molecule has 7 N–H and O–H groups in total. The minimum atomic E-state index is -0.174. The first kappa shape index (κ1) is 14.7. The molecule has 0 aliphatic rings. The fraction of sp³-hybridized carbons (Fsp3) is 0. The first-order valence-electron chi connectivity index (χ1n) is 5.99. The number of hydrogen-bond donors (Lipinski definition) is 4. The van der Waals surface area contributed by atoms with Gasteiger partial charge in [-0.3, -0.25) is 0 Å². The molecule has 0 saturated carbocycles. The molecule has 21 heavy (non-hydrogen) atoms. The second-order valence-corrected chi connectivity index (χ2v) is 4.69. The summed E-state index contributed by atoms with van der Waals surface area (Å²) in [5.74, 6) is -0.0362. The van der Waals surface area contributed by atoms with Crippen LogP contribution < -0.4 is 17.2 Å². The second-order valence-electron chi connectivity index (χ2n) is 4.25. The fourth-order valence-electron chi connectivity index (χ4n) is 1.73. The molecule has 2 aromatic rings. The molecule has 0 aromatic heterocycles. The van der Waals surface area contributed by atoms with E-state index < -0.39 is 0 Å². The molecule has 0 unspecified atom stereocenters. The maximum atomic E-state index is 9.37. The zero-order chi connectivity index (χ0) is 15.4. The Hall–Kier alpha value is -2.73. The Morgan fingerprint density at radius 2 is 1.67 bits per heavy atom. The lowest BCUT2D eigenvalue weighted by molar-refractivity contribution is 0.475. The number of anilines is 1. The summed E-state index contributed by atoms with van der Waals surface area (Å²) in [6.45, 7) is 0. The molecule has 7 heteroatoms. The number of phenolic OH excluding ortho intramolecular Hbond substituents is 1. The standard InChI is InChI=1S/C14H14ClN5O/c15-9-3-6-12(16)11(7-9)13(19-20-14(17)18)8-1-4-10(21)5-2-8/h1-7,21H,16H2,(H4,17,18,20)/b19-13-. The van der Waals surface area contributed by atoms with Gasteiger partial charge in [-0.25, -0.2) is 0 Å². The Bertz CT molecular complexity index is 706. The Kier molecular flexibility index (Phi) is 4.30. The van der Waals surface area contributed by atoms with E-state index in [-0.39, 0.29) is 11.7 Å². The Balaban J connectivity index is 2.61. The maximum absolute atomic E-state index is 9.37. The van der Waals surface area contributed by atoms with Gasteiger partial charge in [0.25, 0.3) is 0 Å². The lowest BCUT2D eigenvalue weighted by Crippen LogP contribution is -2.22. The van der Waals surface area contributed by atoms with E-state index in [9.17, 15) is 5.11 Å². The van der Waals surface area contributed by atoms with Crippen LogP contribution in [0.25, 0.3) is 0 Å². The van der Waals surface area contributed by atoms with E-state index in [0.717, 1.165) is 0 Å². The van der Waals surface area contributed by atoms with Crippen molar-refractivity contribution in [3.05, 3.63) is 58.6 Å². The molecular formula is C14H14ClN5O. The molecule has 0 amide bonds. The number of rotatable bonds is 3. The van der Waals surface area contributed by atoms with Crippen molar-refractivity contribution in [2.45, 2.75) is 0 Å². The predicted octanol–water partition coefficient (Wildman–Crippen LogP) is 1.65. The molecule has 2 rings (SSSR count). The number of benzene rings is 2. The van der Waals surface area contributed by atoms with Crippen LogP contribution in [0.15, 0.2) is 52.7 Å². The molecule has 108 valence electrons. The SMILES string of the molecule is NC(N)=N/N=C(/c1ccc(O)cc1)c1cc(Cl)ccc1N. The van der Waals surface area contributed by atoms with Gasteiger partial charge in [0.1, 0.15) is 11.5 Å². The number of halogens is 1. The first-order chi connectivity index (χ1) is 9.97. The summed E-state index contributed by atoms with van der Waals surface area (Å²) in [6, 6.07) is 11.4. The van der Waals surface area contributed by atoms with Crippen LogP contribution in [0.3, 0.4) is 0 Å². The van der Waals surface area contributed by atoms with Gasteiger partial charge in [-0.2, -0.15) is 0 Å². The molecule has 0 aliphatic carbocycles. The van der Waals surface area contributed by atoms with E-state index in [1.165, 1.54) is 12.1 Å². The van der Waals surface area contributed by atoms with Gasteiger partial charge in [0.05, 0.1) is 0 Å². The zero-order valence-corrected chi connectivity index (χ0v) is 11.7. The molecule has 2 aromatic carbocycles. The molecule has 0 fully saturated rings. The van der Waals surface area contributed by atoms with Crippen molar-refractivity contribution in [1.29, 1.82) is 0 Å². The third-order valence-corrected chi connectivity index (χ3v) is 2.91. The van der Waals surface area contributed by atoms with Crippen LogP contribution in [0.5, 0.6) is 5.75 Å². The number of guanidine groups is 1. The lowest BCUT2D eigenvalue weighted by Gasteiger charge is -2.09. The Labute approximate surface area is 126 Å². The van der Waals surface area contributed by atoms with E-state index in [4.69, 9.17) is 28.8 Å². The number of nitrogens with zero attached hydrogens (tertiary/aromatic N) is 2. The molecule has 0 heterocycles. The van der Waals surface area contributed by atoms with Crippen molar-refractivity contribution in [3.8, 4) is 5.75 Å².